The molecule has 0 radical (unpaired) electrons. The van der Waals surface area contributed by atoms with Crippen LogP contribution in [0.15, 0.2) is 12.4 Å². The first-order valence-electron chi connectivity index (χ1n) is 8.48. The molecule has 1 aromatic heterocycles. The lowest BCUT2D eigenvalue weighted by molar-refractivity contribution is -0.108. The highest BCUT2D eigenvalue weighted by Gasteiger charge is 2.45. The first kappa shape index (κ1) is 16.6. The van der Waals surface area contributed by atoms with Crippen LogP contribution in [0.25, 0.3) is 0 Å². The van der Waals surface area contributed by atoms with Crippen LogP contribution in [0, 0.1) is 11.8 Å². The Morgan fingerprint density at radius 1 is 1.39 bits per heavy atom. The van der Waals surface area contributed by atoms with Crippen molar-refractivity contribution in [2.24, 2.45) is 11.8 Å². The molecule has 0 aromatic carbocycles. The Bertz CT molecular complexity index is 522. The van der Waals surface area contributed by atoms with Gasteiger partial charge in [-0.15, -0.1) is 0 Å². The van der Waals surface area contributed by atoms with Gasteiger partial charge in [-0.1, -0.05) is 6.92 Å². The number of aliphatic hydroxyl groups is 1. The number of nitrogens with zero attached hydrogens (tertiary/aromatic N) is 3. The number of hydrogen-bond acceptors (Lipinski definition) is 6. The molecular formula is C17H27N3O3. The van der Waals surface area contributed by atoms with Gasteiger partial charge >= 0.3 is 0 Å². The van der Waals surface area contributed by atoms with Crippen LogP contribution in [0.5, 0.6) is 0 Å². The molecule has 0 unspecified atom stereocenters. The molecule has 6 heteroatoms. The van der Waals surface area contributed by atoms with Crippen LogP contribution in [-0.2, 0) is 16.1 Å². The van der Waals surface area contributed by atoms with Crippen LogP contribution in [0.3, 0.4) is 0 Å². The predicted octanol–water partition coefficient (Wildman–Crippen LogP) is 1.63. The molecule has 2 atom stereocenters. The number of anilines is 1. The Hall–Kier alpha value is -1.24. The summed E-state index contributed by atoms with van der Waals surface area (Å²) in [6, 6.07) is 1.98. The largest absolute Gasteiger partial charge is 0.389 e. The Kier molecular flexibility index (Phi) is 5.14. The van der Waals surface area contributed by atoms with Gasteiger partial charge in [0.2, 0.25) is 0 Å². The van der Waals surface area contributed by atoms with Crippen LogP contribution in [-0.4, -0.2) is 54.1 Å². The molecule has 0 amide bonds. The number of hydrogen-bond donors (Lipinski definition) is 1. The van der Waals surface area contributed by atoms with Gasteiger partial charge in [0.05, 0.1) is 17.9 Å². The summed E-state index contributed by atoms with van der Waals surface area (Å²) in [4.78, 5) is 10.9. The van der Waals surface area contributed by atoms with E-state index in [1.807, 2.05) is 6.07 Å². The highest BCUT2D eigenvalue weighted by atomic mass is 16.5. The number of ether oxygens (including phenoxy) is 2. The molecule has 3 heterocycles. The van der Waals surface area contributed by atoms with E-state index in [1.165, 1.54) is 0 Å². The van der Waals surface area contributed by atoms with Gasteiger partial charge < -0.3 is 19.5 Å². The van der Waals surface area contributed by atoms with Crippen molar-refractivity contribution < 1.29 is 14.6 Å². The van der Waals surface area contributed by atoms with Gasteiger partial charge in [-0.3, -0.25) is 0 Å². The zero-order valence-electron chi connectivity index (χ0n) is 14.1. The van der Waals surface area contributed by atoms with E-state index in [0.717, 1.165) is 57.1 Å². The fraction of sp³-hybridized carbons (Fsp3) is 0.765. The van der Waals surface area contributed by atoms with Crippen molar-refractivity contribution in [1.82, 2.24) is 9.97 Å². The van der Waals surface area contributed by atoms with Crippen LogP contribution in [0.4, 0.5) is 5.82 Å². The third-order valence-electron chi connectivity index (χ3n) is 5.38. The quantitative estimate of drug-likeness (QED) is 0.909. The van der Waals surface area contributed by atoms with Crippen LogP contribution in [0.1, 0.15) is 31.9 Å². The summed E-state index contributed by atoms with van der Waals surface area (Å²) in [5.41, 5.74) is 0.304. The van der Waals surface area contributed by atoms with Crippen molar-refractivity contribution in [2.75, 3.05) is 38.3 Å². The average Bonchev–Trinajstić information content (AvgIpc) is 2.59. The second-order valence-corrected chi connectivity index (χ2v) is 6.78. The van der Waals surface area contributed by atoms with Crippen LogP contribution in [0.2, 0.25) is 0 Å². The van der Waals surface area contributed by atoms with Gasteiger partial charge in [-0.2, -0.15) is 0 Å². The highest BCUT2D eigenvalue weighted by molar-refractivity contribution is 5.40. The molecule has 0 aliphatic carbocycles. The van der Waals surface area contributed by atoms with Crippen molar-refractivity contribution in [3.8, 4) is 0 Å². The third kappa shape index (κ3) is 3.49. The number of piperidine rings is 1. The maximum atomic E-state index is 11.2. The lowest BCUT2D eigenvalue weighted by Crippen LogP contribution is -2.56. The summed E-state index contributed by atoms with van der Waals surface area (Å²) < 4.78 is 10.6. The molecule has 128 valence electrons. The standard InChI is InChI=1S/C17H27N3O3/c1-13-10-20(16-9-15(11-22-2)18-12-19-16)6-5-17(13,21)14-3-7-23-8-4-14/h9,12-14,21H,3-8,10-11H2,1-2H3/t13-,17+/m1/s1. The van der Waals surface area contributed by atoms with Crippen molar-refractivity contribution in [1.29, 1.82) is 0 Å². The summed E-state index contributed by atoms with van der Waals surface area (Å²) in [5, 5.41) is 11.2. The van der Waals surface area contributed by atoms with Gasteiger partial charge in [0, 0.05) is 45.4 Å². The minimum Gasteiger partial charge on any atom is -0.389 e. The fourth-order valence-corrected chi connectivity index (χ4v) is 3.94. The topological polar surface area (TPSA) is 67.7 Å². The molecule has 2 aliphatic rings. The lowest BCUT2D eigenvalue weighted by atomic mass is 9.70. The van der Waals surface area contributed by atoms with E-state index in [2.05, 4.69) is 21.8 Å². The lowest BCUT2D eigenvalue weighted by Gasteiger charge is -2.48. The summed E-state index contributed by atoms with van der Waals surface area (Å²) in [5.74, 6) is 1.48. The molecule has 0 bridgehead atoms. The van der Waals surface area contributed by atoms with Gasteiger partial charge in [0.1, 0.15) is 12.1 Å². The second-order valence-electron chi connectivity index (χ2n) is 6.78. The monoisotopic (exact) mass is 321 g/mol. The van der Waals surface area contributed by atoms with E-state index < -0.39 is 5.60 Å². The highest BCUT2D eigenvalue weighted by Crippen LogP contribution is 2.40. The van der Waals surface area contributed by atoms with Gasteiger partial charge in [-0.25, -0.2) is 9.97 Å². The minimum atomic E-state index is -0.581. The molecule has 0 saturated carbocycles. The van der Waals surface area contributed by atoms with Crippen molar-refractivity contribution in [3.05, 3.63) is 18.1 Å². The fourth-order valence-electron chi connectivity index (χ4n) is 3.94. The van der Waals surface area contributed by atoms with E-state index in [1.54, 1.807) is 13.4 Å². The van der Waals surface area contributed by atoms with Crippen LogP contribution < -0.4 is 4.90 Å². The molecular weight excluding hydrogens is 294 g/mol. The summed E-state index contributed by atoms with van der Waals surface area (Å²) in [6.45, 7) is 5.83. The van der Waals surface area contributed by atoms with Gasteiger partial charge in [0.25, 0.3) is 0 Å². The molecule has 2 fully saturated rings. The van der Waals surface area contributed by atoms with E-state index in [-0.39, 0.29) is 5.92 Å². The van der Waals surface area contributed by atoms with E-state index >= 15 is 0 Å². The normalized spacial score (nSPS) is 29.7. The molecule has 1 aromatic rings. The summed E-state index contributed by atoms with van der Waals surface area (Å²) >= 11 is 0. The molecule has 6 nitrogen and oxygen atoms in total. The first-order chi connectivity index (χ1) is 11.1. The molecule has 23 heavy (non-hydrogen) atoms. The third-order valence-corrected chi connectivity index (χ3v) is 5.38. The SMILES string of the molecule is COCc1cc(N2CC[C@@](O)(C3CCOCC3)[C@H](C)C2)ncn1. The zero-order valence-corrected chi connectivity index (χ0v) is 14.1. The predicted molar refractivity (Wildman–Crippen MR) is 87.2 cm³/mol. The number of aromatic nitrogens is 2. The Labute approximate surface area is 137 Å². The molecule has 3 rings (SSSR count). The van der Waals surface area contributed by atoms with Crippen molar-refractivity contribution >= 4 is 5.82 Å². The number of rotatable bonds is 4. The second kappa shape index (κ2) is 7.11. The maximum Gasteiger partial charge on any atom is 0.132 e. The summed E-state index contributed by atoms with van der Waals surface area (Å²) in [7, 11) is 1.67. The maximum absolute atomic E-state index is 11.2. The van der Waals surface area contributed by atoms with E-state index in [9.17, 15) is 5.11 Å². The average molecular weight is 321 g/mol. The minimum absolute atomic E-state index is 0.209. The van der Waals surface area contributed by atoms with Gasteiger partial charge in [0.15, 0.2) is 0 Å². The first-order valence-corrected chi connectivity index (χ1v) is 8.48. The molecule has 2 saturated heterocycles. The molecule has 1 N–H and O–H groups in total. The Morgan fingerprint density at radius 3 is 2.87 bits per heavy atom. The van der Waals surface area contributed by atoms with Gasteiger partial charge in [-0.05, 0) is 25.2 Å². The van der Waals surface area contributed by atoms with E-state index in [4.69, 9.17) is 9.47 Å². The van der Waals surface area contributed by atoms with Crippen molar-refractivity contribution in [2.45, 2.75) is 38.4 Å². The Balaban J connectivity index is 1.69. The zero-order chi connectivity index (χ0) is 16.3. The number of methoxy groups -OCH3 is 1. The van der Waals surface area contributed by atoms with Crippen LogP contribution >= 0.6 is 0 Å². The molecule has 0 spiro atoms. The van der Waals surface area contributed by atoms with E-state index in [0.29, 0.717) is 12.5 Å². The summed E-state index contributed by atoms with van der Waals surface area (Å²) in [6.07, 6.45) is 4.30. The molecule has 2 aliphatic heterocycles. The van der Waals surface area contributed by atoms with Crippen molar-refractivity contribution in [3.63, 3.8) is 0 Å². The smallest absolute Gasteiger partial charge is 0.132 e. The Morgan fingerprint density at radius 2 is 2.17 bits per heavy atom.